The minimum Gasteiger partial charge on any atom is -0.396 e. The molecule has 0 saturated carbocycles. The van der Waals surface area contributed by atoms with Crippen LogP contribution in [0.1, 0.15) is 24.3 Å². The predicted molar refractivity (Wildman–Crippen MR) is 68.7 cm³/mol. The van der Waals surface area contributed by atoms with Gasteiger partial charge in [0.1, 0.15) is 27.6 Å². The van der Waals surface area contributed by atoms with Gasteiger partial charge in [0, 0.05) is 13.1 Å². The Morgan fingerprint density at radius 2 is 1.82 bits per heavy atom. The molecule has 1 aromatic heterocycles. The maximum absolute atomic E-state index is 9.14. The monoisotopic (exact) mass is 246 g/mol. The van der Waals surface area contributed by atoms with Gasteiger partial charge in [-0.05, 0) is 11.8 Å². The molecule has 0 spiro atoms. The lowest BCUT2D eigenvalue weighted by molar-refractivity contribution is 0.494. The number of nitrogens with zero attached hydrogens (tertiary/aromatic N) is 3. The first kappa shape index (κ1) is 11.8. The Hall–Kier alpha value is -1.72. The number of hydrogen-bond donors (Lipinski definition) is 1. The molecule has 2 heterocycles. The molecule has 1 aliphatic rings. The van der Waals surface area contributed by atoms with Crippen LogP contribution < -0.4 is 10.6 Å². The molecule has 88 valence electrons. The average Bonchev–Trinajstić information content (AvgIpc) is 2.80. The normalized spacial score (nSPS) is 23.4. The van der Waals surface area contributed by atoms with Crippen LogP contribution in [-0.2, 0) is 0 Å². The van der Waals surface area contributed by atoms with E-state index in [9.17, 15) is 0 Å². The Kier molecular flexibility index (Phi) is 2.95. The number of hydrogen-bond acceptors (Lipinski definition) is 5. The zero-order chi connectivity index (χ0) is 12.6. The highest BCUT2D eigenvalue weighted by atomic mass is 32.1. The Balaban J connectivity index is 2.41. The highest BCUT2D eigenvalue weighted by molar-refractivity contribution is 7.17. The maximum atomic E-state index is 9.14. The van der Waals surface area contributed by atoms with E-state index in [4.69, 9.17) is 16.3 Å². The van der Waals surface area contributed by atoms with E-state index in [1.54, 1.807) is 0 Å². The molecule has 1 saturated heterocycles. The Bertz CT molecular complexity index is 510. The van der Waals surface area contributed by atoms with E-state index in [1.165, 1.54) is 11.3 Å². The number of nitriles is 2. The van der Waals surface area contributed by atoms with Crippen LogP contribution in [0.4, 0.5) is 10.7 Å². The molecule has 2 rings (SSSR count). The maximum Gasteiger partial charge on any atom is 0.131 e. The molecule has 1 aliphatic heterocycles. The minimum atomic E-state index is 0.335. The number of anilines is 2. The van der Waals surface area contributed by atoms with Crippen molar-refractivity contribution in [1.82, 2.24) is 0 Å². The second kappa shape index (κ2) is 4.27. The van der Waals surface area contributed by atoms with Crippen molar-refractivity contribution in [1.29, 1.82) is 10.5 Å². The van der Waals surface area contributed by atoms with Crippen LogP contribution in [-0.4, -0.2) is 13.1 Å². The first-order valence-corrected chi connectivity index (χ1v) is 6.37. The van der Waals surface area contributed by atoms with Gasteiger partial charge in [-0.25, -0.2) is 0 Å². The Morgan fingerprint density at radius 1 is 1.24 bits per heavy atom. The van der Waals surface area contributed by atoms with Gasteiger partial charge in [-0.3, -0.25) is 0 Å². The van der Waals surface area contributed by atoms with Crippen LogP contribution in [0, 0.1) is 34.5 Å². The average molecular weight is 246 g/mol. The van der Waals surface area contributed by atoms with Crippen LogP contribution in [0.2, 0.25) is 0 Å². The molecule has 2 unspecified atom stereocenters. The van der Waals surface area contributed by atoms with Crippen LogP contribution in [0.3, 0.4) is 0 Å². The lowest BCUT2D eigenvalue weighted by Gasteiger charge is -2.16. The second-order valence-electron chi connectivity index (χ2n) is 4.61. The summed E-state index contributed by atoms with van der Waals surface area (Å²) in [4.78, 5) is 2.62. The summed E-state index contributed by atoms with van der Waals surface area (Å²) in [6, 6.07) is 4.17. The van der Waals surface area contributed by atoms with E-state index in [0.717, 1.165) is 18.1 Å². The van der Waals surface area contributed by atoms with E-state index in [2.05, 4.69) is 30.9 Å². The summed E-state index contributed by atoms with van der Waals surface area (Å²) in [5, 5.41) is 19.0. The minimum absolute atomic E-state index is 0.335. The largest absolute Gasteiger partial charge is 0.396 e. The molecular formula is C12H14N4S. The summed E-state index contributed by atoms with van der Waals surface area (Å²) in [7, 11) is 0. The standard InChI is InChI=1S/C12H14N4S/c1-7-5-16(6-8(7)2)12-9(3-13)11(15)10(4-14)17-12/h7-8H,5-6,15H2,1-2H3. The van der Waals surface area contributed by atoms with Crippen molar-refractivity contribution in [2.45, 2.75) is 13.8 Å². The zero-order valence-electron chi connectivity index (χ0n) is 9.90. The van der Waals surface area contributed by atoms with E-state index in [-0.39, 0.29) is 0 Å². The number of rotatable bonds is 1. The van der Waals surface area contributed by atoms with Crippen molar-refractivity contribution in [3.63, 3.8) is 0 Å². The van der Waals surface area contributed by atoms with Crippen molar-refractivity contribution in [2.75, 3.05) is 23.7 Å². The number of nitrogen functional groups attached to an aromatic ring is 1. The first-order chi connectivity index (χ1) is 8.08. The third-order valence-corrected chi connectivity index (χ3v) is 4.59. The fraction of sp³-hybridized carbons (Fsp3) is 0.500. The highest BCUT2D eigenvalue weighted by Crippen LogP contribution is 2.40. The number of nitrogens with two attached hydrogens (primary N) is 1. The molecule has 0 aromatic carbocycles. The second-order valence-corrected chi connectivity index (χ2v) is 5.61. The quantitative estimate of drug-likeness (QED) is 0.823. The van der Waals surface area contributed by atoms with Crippen LogP contribution in [0.5, 0.6) is 0 Å². The Morgan fingerprint density at radius 3 is 2.29 bits per heavy atom. The molecule has 0 amide bonds. The molecule has 1 fully saturated rings. The van der Waals surface area contributed by atoms with Gasteiger partial charge in [0.05, 0.1) is 5.69 Å². The number of thiophene rings is 1. The molecule has 4 nitrogen and oxygen atoms in total. The SMILES string of the molecule is CC1CN(c2sc(C#N)c(N)c2C#N)CC1C. The van der Waals surface area contributed by atoms with Crippen molar-refractivity contribution < 1.29 is 0 Å². The summed E-state index contributed by atoms with van der Waals surface area (Å²) in [6.07, 6.45) is 0. The van der Waals surface area contributed by atoms with Gasteiger partial charge < -0.3 is 10.6 Å². The van der Waals surface area contributed by atoms with Gasteiger partial charge in [-0.1, -0.05) is 13.8 Å². The summed E-state index contributed by atoms with van der Waals surface area (Å²) < 4.78 is 0. The smallest absolute Gasteiger partial charge is 0.131 e. The molecule has 2 atom stereocenters. The van der Waals surface area contributed by atoms with Crippen molar-refractivity contribution in [2.24, 2.45) is 11.8 Å². The molecular weight excluding hydrogens is 232 g/mol. The van der Waals surface area contributed by atoms with E-state index >= 15 is 0 Å². The molecule has 2 N–H and O–H groups in total. The van der Waals surface area contributed by atoms with Crippen molar-refractivity contribution in [3.05, 3.63) is 10.4 Å². The van der Waals surface area contributed by atoms with E-state index < -0.39 is 0 Å². The summed E-state index contributed by atoms with van der Waals surface area (Å²) in [5.41, 5.74) is 6.60. The van der Waals surface area contributed by atoms with Gasteiger partial charge in [0.15, 0.2) is 0 Å². The van der Waals surface area contributed by atoms with Gasteiger partial charge >= 0.3 is 0 Å². The fourth-order valence-electron chi connectivity index (χ4n) is 2.14. The molecule has 5 heteroatoms. The Labute approximate surface area is 105 Å². The third kappa shape index (κ3) is 1.83. The van der Waals surface area contributed by atoms with Crippen LogP contribution in [0.15, 0.2) is 0 Å². The fourth-order valence-corrected chi connectivity index (χ4v) is 3.13. The van der Waals surface area contributed by atoms with Gasteiger partial charge in [0.25, 0.3) is 0 Å². The summed E-state index contributed by atoms with van der Waals surface area (Å²) in [6.45, 7) is 6.28. The highest BCUT2D eigenvalue weighted by Gasteiger charge is 2.30. The lowest BCUT2D eigenvalue weighted by Crippen LogP contribution is -2.19. The lowest BCUT2D eigenvalue weighted by atomic mass is 10.0. The zero-order valence-corrected chi connectivity index (χ0v) is 10.7. The molecule has 0 radical (unpaired) electrons. The summed E-state index contributed by atoms with van der Waals surface area (Å²) >= 11 is 1.33. The molecule has 0 aliphatic carbocycles. The topological polar surface area (TPSA) is 76.8 Å². The first-order valence-electron chi connectivity index (χ1n) is 5.55. The van der Waals surface area contributed by atoms with E-state index in [1.807, 2.05) is 0 Å². The van der Waals surface area contributed by atoms with Crippen molar-refractivity contribution in [3.8, 4) is 12.1 Å². The van der Waals surface area contributed by atoms with Crippen LogP contribution in [0.25, 0.3) is 0 Å². The molecule has 1 aromatic rings. The van der Waals surface area contributed by atoms with E-state index in [0.29, 0.717) is 28.0 Å². The molecule has 17 heavy (non-hydrogen) atoms. The van der Waals surface area contributed by atoms with Gasteiger partial charge in [-0.15, -0.1) is 11.3 Å². The van der Waals surface area contributed by atoms with Crippen molar-refractivity contribution >= 4 is 22.0 Å². The summed E-state index contributed by atoms with van der Waals surface area (Å²) in [5.74, 6) is 1.21. The van der Waals surface area contributed by atoms with Gasteiger partial charge in [-0.2, -0.15) is 10.5 Å². The van der Waals surface area contributed by atoms with Crippen LogP contribution >= 0.6 is 11.3 Å². The predicted octanol–water partition coefficient (Wildman–Crippen LogP) is 2.17. The third-order valence-electron chi connectivity index (χ3n) is 3.42. The van der Waals surface area contributed by atoms with Gasteiger partial charge in [0.2, 0.25) is 0 Å². The molecule has 0 bridgehead atoms.